The van der Waals surface area contributed by atoms with Crippen molar-refractivity contribution in [3.63, 3.8) is 0 Å². The SMILES string of the molecule is Cc1ccc(NC(=O)CC2SC3=NCN(c4ccc(Br)cc4)CN3C2=O)cc1C. The number of amidine groups is 1. The average molecular weight is 473 g/mol. The number of hydrogen-bond donors (Lipinski definition) is 1. The molecule has 0 saturated carbocycles. The zero-order valence-corrected chi connectivity index (χ0v) is 18.6. The maximum atomic E-state index is 12.9. The number of hydrogen-bond acceptors (Lipinski definition) is 5. The van der Waals surface area contributed by atoms with Crippen molar-refractivity contribution in [2.24, 2.45) is 4.99 Å². The van der Waals surface area contributed by atoms with Crippen molar-refractivity contribution in [3.05, 3.63) is 58.1 Å². The fourth-order valence-corrected chi connectivity index (χ4v) is 4.66. The van der Waals surface area contributed by atoms with Gasteiger partial charge in [0.2, 0.25) is 11.8 Å². The van der Waals surface area contributed by atoms with Crippen LogP contribution in [-0.2, 0) is 9.59 Å². The van der Waals surface area contributed by atoms with E-state index in [-0.39, 0.29) is 18.2 Å². The van der Waals surface area contributed by atoms with Gasteiger partial charge in [-0.1, -0.05) is 33.8 Å². The average Bonchev–Trinajstić information content (AvgIpc) is 3.00. The molecular formula is C21H21BrN4O2S. The molecule has 2 aliphatic heterocycles. The van der Waals surface area contributed by atoms with Crippen molar-refractivity contribution in [1.29, 1.82) is 0 Å². The van der Waals surface area contributed by atoms with Gasteiger partial charge in [-0.2, -0.15) is 0 Å². The van der Waals surface area contributed by atoms with E-state index in [4.69, 9.17) is 0 Å². The standard InChI is InChI=1S/C21H21BrN4O2S/c1-13-3-6-16(9-14(13)2)24-19(27)10-18-20(28)26-12-25(11-23-21(26)29-18)17-7-4-15(22)5-8-17/h3-9,18H,10-12H2,1-2H3,(H,24,27). The van der Waals surface area contributed by atoms with Gasteiger partial charge in [-0.15, -0.1) is 0 Å². The quantitative estimate of drug-likeness (QED) is 0.726. The van der Waals surface area contributed by atoms with Gasteiger partial charge in [0.25, 0.3) is 0 Å². The topological polar surface area (TPSA) is 65.0 Å². The van der Waals surface area contributed by atoms with Crippen molar-refractivity contribution >= 4 is 56.0 Å². The first kappa shape index (κ1) is 20.0. The predicted octanol–water partition coefficient (Wildman–Crippen LogP) is 4.13. The van der Waals surface area contributed by atoms with Crippen LogP contribution in [0, 0.1) is 13.8 Å². The van der Waals surface area contributed by atoms with Crippen LogP contribution in [0.2, 0.25) is 0 Å². The molecule has 1 saturated heterocycles. The predicted molar refractivity (Wildman–Crippen MR) is 121 cm³/mol. The Morgan fingerprint density at radius 1 is 1.21 bits per heavy atom. The number of carbonyl (C=O) groups excluding carboxylic acids is 2. The first-order valence-electron chi connectivity index (χ1n) is 9.31. The van der Waals surface area contributed by atoms with E-state index < -0.39 is 5.25 Å². The van der Waals surface area contributed by atoms with E-state index in [1.165, 1.54) is 17.3 Å². The summed E-state index contributed by atoms with van der Waals surface area (Å²) in [6, 6.07) is 13.7. The molecule has 150 valence electrons. The van der Waals surface area contributed by atoms with E-state index in [2.05, 4.69) is 26.2 Å². The van der Waals surface area contributed by atoms with Crippen LogP contribution < -0.4 is 10.2 Å². The largest absolute Gasteiger partial charge is 0.334 e. The fraction of sp³-hybridized carbons (Fsp3) is 0.286. The highest BCUT2D eigenvalue weighted by molar-refractivity contribution is 9.10. The minimum absolute atomic E-state index is 0.0641. The number of anilines is 2. The molecule has 2 aromatic rings. The molecule has 1 unspecified atom stereocenters. The second-order valence-corrected chi connectivity index (χ2v) is 9.25. The monoisotopic (exact) mass is 472 g/mol. The Morgan fingerprint density at radius 2 is 1.97 bits per heavy atom. The molecule has 0 spiro atoms. The molecule has 2 heterocycles. The Labute approximate surface area is 182 Å². The number of aliphatic imine (C=N–C) groups is 1. The van der Waals surface area contributed by atoms with Crippen molar-refractivity contribution in [1.82, 2.24) is 4.90 Å². The van der Waals surface area contributed by atoms with Gasteiger partial charge >= 0.3 is 0 Å². The van der Waals surface area contributed by atoms with E-state index in [9.17, 15) is 9.59 Å². The van der Waals surface area contributed by atoms with Gasteiger partial charge in [0, 0.05) is 22.3 Å². The van der Waals surface area contributed by atoms with Gasteiger partial charge < -0.3 is 10.2 Å². The van der Waals surface area contributed by atoms with Gasteiger partial charge in [0.15, 0.2) is 5.17 Å². The van der Waals surface area contributed by atoms with Gasteiger partial charge in [0.1, 0.15) is 18.6 Å². The summed E-state index contributed by atoms with van der Waals surface area (Å²) in [6.45, 7) is 4.98. The van der Waals surface area contributed by atoms with E-state index >= 15 is 0 Å². The Bertz CT molecular complexity index is 993. The summed E-state index contributed by atoms with van der Waals surface area (Å²) >= 11 is 4.81. The number of nitrogens with one attached hydrogen (secondary N) is 1. The second kappa shape index (κ2) is 8.20. The normalized spacial score (nSPS) is 18.5. The molecule has 2 aromatic carbocycles. The Hall–Kier alpha value is -2.32. The van der Waals surface area contributed by atoms with Crippen molar-refractivity contribution in [3.8, 4) is 0 Å². The summed E-state index contributed by atoms with van der Waals surface area (Å²) in [7, 11) is 0. The van der Waals surface area contributed by atoms with Gasteiger partial charge in [0.05, 0.1) is 0 Å². The van der Waals surface area contributed by atoms with Crippen LogP contribution in [0.1, 0.15) is 17.5 Å². The number of thioether (sulfide) groups is 1. The highest BCUT2D eigenvalue weighted by Crippen LogP contribution is 2.33. The van der Waals surface area contributed by atoms with Crippen LogP contribution in [0.15, 0.2) is 51.9 Å². The zero-order valence-electron chi connectivity index (χ0n) is 16.2. The van der Waals surface area contributed by atoms with Crippen molar-refractivity contribution in [2.45, 2.75) is 25.5 Å². The fourth-order valence-electron chi connectivity index (χ4n) is 3.27. The number of fused-ring (bicyclic) bond motifs is 1. The summed E-state index contributed by atoms with van der Waals surface area (Å²) in [5, 5.41) is 3.16. The van der Waals surface area contributed by atoms with Crippen LogP contribution in [0.4, 0.5) is 11.4 Å². The lowest BCUT2D eigenvalue weighted by Gasteiger charge is -2.32. The van der Waals surface area contributed by atoms with E-state index in [0.717, 1.165) is 21.4 Å². The molecule has 0 aliphatic carbocycles. The molecule has 2 amide bonds. The molecule has 1 atom stereocenters. The minimum Gasteiger partial charge on any atom is -0.334 e. The van der Waals surface area contributed by atoms with Crippen LogP contribution >= 0.6 is 27.7 Å². The highest BCUT2D eigenvalue weighted by Gasteiger charge is 2.41. The maximum Gasteiger partial charge on any atom is 0.244 e. The number of amides is 2. The van der Waals surface area contributed by atoms with Crippen LogP contribution in [0.25, 0.3) is 0 Å². The third-order valence-electron chi connectivity index (χ3n) is 5.06. The molecule has 29 heavy (non-hydrogen) atoms. The maximum absolute atomic E-state index is 12.9. The molecule has 0 bridgehead atoms. The lowest BCUT2D eigenvalue weighted by atomic mass is 10.1. The number of carbonyl (C=O) groups is 2. The number of benzene rings is 2. The van der Waals surface area contributed by atoms with Crippen LogP contribution in [0.5, 0.6) is 0 Å². The molecule has 0 aromatic heterocycles. The first-order valence-corrected chi connectivity index (χ1v) is 11.0. The molecule has 0 radical (unpaired) electrons. The van der Waals surface area contributed by atoms with Crippen molar-refractivity contribution < 1.29 is 9.59 Å². The summed E-state index contributed by atoms with van der Waals surface area (Å²) in [5.74, 6) is -0.227. The van der Waals surface area contributed by atoms with E-state index in [1.54, 1.807) is 4.90 Å². The molecule has 6 nitrogen and oxygen atoms in total. The molecule has 8 heteroatoms. The lowest BCUT2D eigenvalue weighted by Crippen LogP contribution is -2.46. The number of aryl methyl sites for hydroxylation is 2. The zero-order chi connectivity index (χ0) is 20.5. The van der Waals surface area contributed by atoms with Crippen molar-refractivity contribution in [2.75, 3.05) is 23.6 Å². The third kappa shape index (κ3) is 4.33. The molecule has 4 rings (SSSR count). The van der Waals surface area contributed by atoms with Gasteiger partial charge in [-0.25, -0.2) is 4.99 Å². The van der Waals surface area contributed by atoms with Gasteiger partial charge in [-0.3, -0.25) is 14.5 Å². The molecule has 2 aliphatic rings. The van der Waals surface area contributed by atoms with Gasteiger partial charge in [-0.05, 0) is 61.4 Å². The minimum atomic E-state index is -0.440. The first-order chi connectivity index (χ1) is 13.9. The Kier molecular flexibility index (Phi) is 5.65. The number of rotatable bonds is 4. The molecule has 1 fully saturated rings. The molecule has 1 N–H and O–H groups in total. The van der Waals surface area contributed by atoms with Crippen LogP contribution in [-0.4, -0.2) is 40.5 Å². The summed E-state index contributed by atoms with van der Waals surface area (Å²) in [4.78, 5) is 33.6. The van der Waals surface area contributed by atoms with Crippen LogP contribution in [0.3, 0.4) is 0 Å². The number of halogens is 1. The van der Waals surface area contributed by atoms with E-state index in [0.29, 0.717) is 18.5 Å². The molecular weight excluding hydrogens is 452 g/mol. The Morgan fingerprint density at radius 3 is 2.69 bits per heavy atom. The third-order valence-corrected chi connectivity index (χ3v) is 6.80. The summed E-state index contributed by atoms with van der Waals surface area (Å²) in [5.41, 5.74) is 4.05. The summed E-state index contributed by atoms with van der Waals surface area (Å²) in [6.07, 6.45) is 0.129. The smallest absolute Gasteiger partial charge is 0.244 e. The lowest BCUT2D eigenvalue weighted by molar-refractivity contribution is -0.128. The highest BCUT2D eigenvalue weighted by atomic mass is 79.9. The number of nitrogens with zero attached hydrogens (tertiary/aromatic N) is 3. The second-order valence-electron chi connectivity index (χ2n) is 7.16. The Balaban J connectivity index is 1.39. The van der Waals surface area contributed by atoms with E-state index in [1.807, 2.05) is 61.2 Å². The summed E-state index contributed by atoms with van der Waals surface area (Å²) < 4.78 is 1.00.